The molecule has 5 nitrogen and oxygen atoms in total. The van der Waals surface area contributed by atoms with Crippen LogP contribution in [0.3, 0.4) is 0 Å². The highest BCUT2D eigenvalue weighted by molar-refractivity contribution is 5.78. The van der Waals surface area contributed by atoms with Gasteiger partial charge in [-0.15, -0.1) is 0 Å². The molecule has 0 bridgehead atoms. The Hall–Kier alpha value is -1.10. The standard InChI is InChI=1S/C15H30N2O3/c1-6-9-16(10-7-2)13(18)12-17(15(3,4)5)11-8-14(19)20/h6-12H2,1-5H3,(H,19,20). The van der Waals surface area contributed by atoms with Crippen LogP contribution in [0.25, 0.3) is 0 Å². The Kier molecular flexibility index (Phi) is 8.46. The Bertz CT molecular complexity index is 305. The molecule has 0 rings (SSSR count). The SMILES string of the molecule is CCCN(CCC)C(=O)CN(CCC(=O)O)C(C)(C)C. The molecule has 0 saturated heterocycles. The topological polar surface area (TPSA) is 60.9 Å². The molecule has 0 radical (unpaired) electrons. The van der Waals surface area contributed by atoms with Gasteiger partial charge in [-0.2, -0.15) is 0 Å². The van der Waals surface area contributed by atoms with Gasteiger partial charge in [-0.05, 0) is 33.6 Å². The number of carbonyl (C=O) groups is 2. The molecule has 1 amide bonds. The van der Waals surface area contributed by atoms with Crippen LogP contribution < -0.4 is 0 Å². The minimum atomic E-state index is -0.828. The molecule has 0 heterocycles. The van der Waals surface area contributed by atoms with Gasteiger partial charge in [0, 0.05) is 25.2 Å². The molecule has 20 heavy (non-hydrogen) atoms. The molecular weight excluding hydrogens is 256 g/mol. The molecule has 1 N–H and O–H groups in total. The van der Waals surface area contributed by atoms with Crippen molar-refractivity contribution in [3.8, 4) is 0 Å². The second-order valence-electron chi connectivity index (χ2n) is 6.12. The van der Waals surface area contributed by atoms with E-state index < -0.39 is 5.97 Å². The summed E-state index contributed by atoms with van der Waals surface area (Å²) in [5.41, 5.74) is -0.213. The third-order valence-electron chi connectivity index (χ3n) is 3.21. The molecule has 5 heteroatoms. The van der Waals surface area contributed by atoms with E-state index in [2.05, 4.69) is 13.8 Å². The minimum absolute atomic E-state index is 0.0616. The Morgan fingerprint density at radius 1 is 1.00 bits per heavy atom. The van der Waals surface area contributed by atoms with Gasteiger partial charge in [0.1, 0.15) is 0 Å². The smallest absolute Gasteiger partial charge is 0.304 e. The lowest BCUT2D eigenvalue weighted by Gasteiger charge is -2.36. The fraction of sp³-hybridized carbons (Fsp3) is 0.867. The van der Waals surface area contributed by atoms with Crippen molar-refractivity contribution in [2.24, 2.45) is 0 Å². The van der Waals surface area contributed by atoms with E-state index in [9.17, 15) is 9.59 Å². The Balaban J connectivity index is 4.68. The number of carbonyl (C=O) groups excluding carboxylic acids is 1. The van der Waals surface area contributed by atoms with Crippen LogP contribution in [0, 0.1) is 0 Å². The number of aliphatic carboxylic acids is 1. The molecule has 0 aliphatic rings. The van der Waals surface area contributed by atoms with E-state index in [-0.39, 0.29) is 24.4 Å². The highest BCUT2D eigenvalue weighted by atomic mass is 16.4. The van der Waals surface area contributed by atoms with Crippen molar-refractivity contribution in [3.63, 3.8) is 0 Å². The van der Waals surface area contributed by atoms with E-state index in [1.165, 1.54) is 0 Å². The van der Waals surface area contributed by atoms with Gasteiger partial charge in [-0.1, -0.05) is 13.8 Å². The maximum Gasteiger partial charge on any atom is 0.304 e. The zero-order chi connectivity index (χ0) is 15.8. The van der Waals surface area contributed by atoms with E-state index >= 15 is 0 Å². The minimum Gasteiger partial charge on any atom is -0.481 e. The number of carboxylic acid groups (broad SMARTS) is 1. The molecule has 0 aliphatic heterocycles. The van der Waals surface area contributed by atoms with Crippen LogP contribution >= 0.6 is 0 Å². The first-order chi connectivity index (χ1) is 9.22. The second-order valence-corrected chi connectivity index (χ2v) is 6.12. The monoisotopic (exact) mass is 286 g/mol. The average molecular weight is 286 g/mol. The van der Waals surface area contributed by atoms with Crippen molar-refractivity contribution in [3.05, 3.63) is 0 Å². The van der Waals surface area contributed by atoms with Gasteiger partial charge in [0.15, 0.2) is 0 Å². The number of hydrogen-bond donors (Lipinski definition) is 1. The first kappa shape index (κ1) is 18.9. The van der Waals surface area contributed by atoms with E-state index in [0.29, 0.717) is 6.54 Å². The summed E-state index contributed by atoms with van der Waals surface area (Å²) >= 11 is 0. The molecule has 0 unspecified atom stereocenters. The van der Waals surface area contributed by atoms with Crippen molar-refractivity contribution >= 4 is 11.9 Å². The van der Waals surface area contributed by atoms with Crippen molar-refractivity contribution in [2.75, 3.05) is 26.2 Å². The predicted octanol–water partition coefficient (Wildman–Crippen LogP) is 2.21. The molecule has 0 aliphatic carbocycles. The van der Waals surface area contributed by atoms with E-state index in [1.54, 1.807) is 0 Å². The Morgan fingerprint density at radius 3 is 1.85 bits per heavy atom. The summed E-state index contributed by atoms with van der Waals surface area (Å²) in [5.74, 6) is -0.736. The second kappa shape index (κ2) is 8.95. The summed E-state index contributed by atoms with van der Waals surface area (Å²) in [6.45, 7) is 12.4. The van der Waals surface area contributed by atoms with Gasteiger partial charge >= 0.3 is 5.97 Å². The lowest BCUT2D eigenvalue weighted by Crippen LogP contribution is -2.49. The quantitative estimate of drug-likeness (QED) is 0.706. The summed E-state index contributed by atoms with van der Waals surface area (Å²) in [5, 5.41) is 8.82. The fourth-order valence-corrected chi connectivity index (χ4v) is 2.05. The lowest BCUT2D eigenvalue weighted by molar-refractivity contribution is -0.139. The van der Waals surface area contributed by atoms with Crippen LogP contribution in [0.5, 0.6) is 0 Å². The van der Waals surface area contributed by atoms with Gasteiger partial charge in [-0.3, -0.25) is 14.5 Å². The first-order valence-electron chi connectivity index (χ1n) is 7.47. The third-order valence-corrected chi connectivity index (χ3v) is 3.21. The molecule has 0 aromatic carbocycles. The first-order valence-corrected chi connectivity index (χ1v) is 7.47. The maximum atomic E-state index is 12.4. The van der Waals surface area contributed by atoms with E-state index in [1.807, 2.05) is 30.6 Å². The van der Waals surface area contributed by atoms with Gasteiger partial charge < -0.3 is 10.0 Å². The fourth-order valence-electron chi connectivity index (χ4n) is 2.05. The van der Waals surface area contributed by atoms with Gasteiger partial charge in [-0.25, -0.2) is 0 Å². The number of amides is 1. The van der Waals surface area contributed by atoms with Crippen molar-refractivity contribution < 1.29 is 14.7 Å². The summed E-state index contributed by atoms with van der Waals surface area (Å²) in [6.07, 6.45) is 1.94. The van der Waals surface area contributed by atoms with Gasteiger partial charge in [0.2, 0.25) is 5.91 Å². The molecular formula is C15H30N2O3. The largest absolute Gasteiger partial charge is 0.481 e. The van der Waals surface area contributed by atoms with Crippen LogP contribution in [0.15, 0.2) is 0 Å². The van der Waals surface area contributed by atoms with Crippen LogP contribution in [0.1, 0.15) is 53.9 Å². The molecule has 0 aromatic heterocycles. The highest BCUT2D eigenvalue weighted by Crippen LogP contribution is 2.14. The van der Waals surface area contributed by atoms with Crippen LogP contribution in [0.2, 0.25) is 0 Å². The zero-order valence-corrected chi connectivity index (χ0v) is 13.6. The zero-order valence-electron chi connectivity index (χ0n) is 13.6. The van der Waals surface area contributed by atoms with Gasteiger partial charge in [0.25, 0.3) is 0 Å². The number of rotatable bonds is 9. The molecule has 0 atom stereocenters. The average Bonchev–Trinajstić information content (AvgIpc) is 2.32. The number of carboxylic acids is 1. The number of nitrogens with zero attached hydrogens (tertiary/aromatic N) is 2. The summed E-state index contributed by atoms with van der Waals surface area (Å²) in [7, 11) is 0. The number of hydrogen-bond acceptors (Lipinski definition) is 3. The lowest BCUT2D eigenvalue weighted by atomic mass is 10.1. The highest BCUT2D eigenvalue weighted by Gasteiger charge is 2.25. The normalized spacial score (nSPS) is 11.7. The molecule has 0 saturated carbocycles. The Morgan fingerprint density at radius 2 is 1.50 bits per heavy atom. The molecule has 0 spiro atoms. The summed E-state index contributed by atoms with van der Waals surface area (Å²) in [4.78, 5) is 26.9. The van der Waals surface area contributed by atoms with Gasteiger partial charge in [0.05, 0.1) is 13.0 Å². The van der Waals surface area contributed by atoms with E-state index in [0.717, 1.165) is 25.9 Å². The summed E-state index contributed by atoms with van der Waals surface area (Å²) in [6, 6.07) is 0. The van der Waals surface area contributed by atoms with E-state index in [4.69, 9.17) is 5.11 Å². The maximum absolute atomic E-state index is 12.4. The molecule has 0 fully saturated rings. The summed E-state index contributed by atoms with van der Waals surface area (Å²) < 4.78 is 0. The van der Waals surface area contributed by atoms with Crippen LogP contribution in [-0.2, 0) is 9.59 Å². The Labute approximate surface area is 122 Å². The predicted molar refractivity (Wildman–Crippen MR) is 80.7 cm³/mol. The molecule has 0 aromatic rings. The van der Waals surface area contributed by atoms with Crippen LogP contribution in [-0.4, -0.2) is 58.5 Å². The molecule has 118 valence electrons. The van der Waals surface area contributed by atoms with Crippen molar-refractivity contribution in [2.45, 2.75) is 59.4 Å². The van der Waals surface area contributed by atoms with Crippen molar-refractivity contribution in [1.29, 1.82) is 0 Å². The van der Waals surface area contributed by atoms with Crippen molar-refractivity contribution in [1.82, 2.24) is 9.80 Å². The van der Waals surface area contributed by atoms with Crippen LogP contribution in [0.4, 0.5) is 0 Å². The third kappa shape index (κ3) is 7.48.